The summed E-state index contributed by atoms with van der Waals surface area (Å²) in [5, 5.41) is 9.20. The lowest BCUT2D eigenvalue weighted by Crippen LogP contribution is -2.48. The van der Waals surface area contributed by atoms with Crippen molar-refractivity contribution in [2.24, 2.45) is 11.0 Å². The molecule has 1 aromatic heterocycles. The van der Waals surface area contributed by atoms with Crippen LogP contribution in [0.3, 0.4) is 0 Å². The number of rotatable bonds is 8. The van der Waals surface area contributed by atoms with E-state index in [1.807, 2.05) is 75.5 Å². The number of carbonyl (C=O) groups excluding carboxylic acids is 2. The van der Waals surface area contributed by atoms with E-state index < -0.39 is 6.04 Å². The second-order valence-electron chi connectivity index (χ2n) is 9.26. The Kier molecular flexibility index (Phi) is 8.31. The largest absolute Gasteiger partial charge is 0.342 e. The first kappa shape index (κ1) is 26.5. The van der Waals surface area contributed by atoms with E-state index in [2.05, 4.69) is 20.4 Å². The number of benzene rings is 3. The van der Waals surface area contributed by atoms with Gasteiger partial charge in [-0.1, -0.05) is 79.0 Å². The summed E-state index contributed by atoms with van der Waals surface area (Å²) < 4.78 is 2.08. The summed E-state index contributed by atoms with van der Waals surface area (Å²) >= 11 is 12.4. The van der Waals surface area contributed by atoms with E-state index >= 15 is 0 Å². The van der Waals surface area contributed by atoms with Crippen LogP contribution in [0.25, 0.3) is 10.9 Å². The summed E-state index contributed by atoms with van der Waals surface area (Å²) in [6.45, 7) is 6.22. The Morgan fingerprint density at radius 3 is 2.54 bits per heavy atom. The number of aryl methyl sites for hydroxylation is 1. The highest BCUT2D eigenvalue weighted by molar-refractivity contribution is 6.35. The van der Waals surface area contributed by atoms with Gasteiger partial charge in [0, 0.05) is 44.8 Å². The average molecular weight is 535 g/mol. The maximum atomic E-state index is 12.9. The van der Waals surface area contributed by atoms with Crippen molar-refractivity contribution in [3.8, 4) is 0 Å². The van der Waals surface area contributed by atoms with Crippen LogP contribution < -0.4 is 10.7 Å². The van der Waals surface area contributed by atoms with E-state index in [1.165, 1.54) is 0 Å². The first-order chi connectivity index (χ1) is 17.7. The zero-order valence-electron chi connectivity index (χ0n) is 20.8. The second kappa shape index (κ2) is 11.6. The van der Waals surface area contributed by atoms with E-state index in [-0.39, 0.29) is 17.7 Å². The Morgan fingerprint density at radius 1 is 1.03 bits per heavy atom. The van der Waals surface area contributed by atoms with Crippen LogP contribution in [0.15, 0.2) is 78.0 Å². The Hall–Kier alpha value is -3.61. The predicted octanol–water partition coefficient (Wildman–Crippen LogP) is 6.21. The van der Waals surface area contributed by atoms with Crippen molar-refractivity contribution in [3.05, 3.63) is 105 Å². The van der Waals surface area contributed by atoms with Gasteiger partial charge in [-0.25, -0.2) is 5.43 Å². The Balaban J connectivity index is 1.50. The van der Waals surface area contributed by atoms with Crippen LogP contribution in [-0.2, 0) is 11.3 Å². The van der Waals surface area contributed by atoms with E-state index in [4.69, 9.17) is 23.2 Å². The van der Waals surface area contributed by atoms with Gasteiger partial charge in [-0.15, -0.1) is 0 Å². The molecule has 0 bridgehead atoms. The van der Waals surface area contributed by atoms with Crippen molar-refractivity contribution in [1.82, 2.24) is 15.3 Å². The van der Waals surface area contributed by atoms with Gasteiger partial charge >= 0.3 is 0 Å². The number of nitrogens with zero attached hydrogens (tertiary/aromatic N) is 2. The molecule has 2 N–H and O–H groups in total. The molecule has 1 heterocycles. The topological polar surface area (TPSA) is 75.5 Å². The minimum atomic E-state index is -0.737. The van der Waals surface area contributed by atoms with Crippen LogP contribution in [0.1, 0.15) is 40.9 Å². The highest BCUT2D eigenvalue weighted by Crippen LogP contribution is 2.25. The SMILES string of the molecule is Cc1cccc(C(=O)N[C@@H](C(=O)N/N=C/c2cn(Cc3ccc(Cl)cc3Cl)c3ccccc23)C(C)C)c1. The van der Waals surface area contributed by atoms with Crippen LogP contribution in [0.4, 0.5) is 0 Å². The highest BCUT2D eigenvalue weighted by atomic mass is 35.5. The fraction of sp³-hybridized carbons (Fsp3) is 0.207. The van der Waals surface area contributed by atoms with E-state index in [0.717, 1.165) is 27.6 Å². The van der Waals surface area contributed by atoms with E-state index in [1.54, 1.807) is 24.4 Å². The van der Waals surface area contributed by atoms with Crippen LogP contribution >= 0.6 is 23.2 Å². The molecule has 0 saturated carbocycles. The summed E-state index contributed by atoms with van der Waals surface area (Å²) in [4.78, 5) is 25.6. The predicted molar refractivity (Wildman–Crippen MR) is 151 cm³/mol. The third-order valence-corrected chi connectivity index (χ3v) is 6.66. The fourth-order valence-electron chi connectivity index (χ4n) is 4.12. The Morgan fingerprint density at radius 2 is 1.81 bits per heavy atom. The fourth-order valence-corrected chi connectivity index (χ4v) is 4.59. The number of hydrogen-bond donors (Lipinski definition) is 2. The summed E-state index contributed by atoms with van der Waals surface area (Å²) in [5.41, 5.74) is 6.86. The van der Waals surface area contributed by atoms with Crippen molar-refractivity contribution in [2.45, 2.75) is 33.4 Å². The number of fused-ring (bicyclic) bond motifs is 1. The summed E-state index contributed by atoms with van der Waals surface area (Å²) in [6.07, 6.45) is 3.57. The van der Waals surface area contributed by atoms with Crippen molar-refractivity contribution >= 4 is 52.1 Å². The van der Waals surface area contributed by atoms with Crippen LogP contribution in [0.2, 0.25) is 10.0 Å². The number of aromatic nitrogens is 1. The molecule has 8 heteroatoms. The van der Waals surface area contributed by atoms with E-state index in [0.29, 0.717) is 22.2 Å². The minimum Gasteiger partial charge on any atom is -0.342 e. The van der Waals surface area contributed by atoms with E-state index in [9.17, 15) is 9.59 Å². The van der Waals surface area contributed by atoms with Gasteiger partial charge in [0.1, 0.15) is 6.04 Å². The van der Waals surface area contributed by atoms with Crippen molar-refractivity contribution < 1.29 is 9.59 Å². The van der Waals surface area contributed by atoms with Crippen molar-refractivity contribution in [3.63, 3.8) is 0 Å². The number of hydrogen-bond acceptors (Lipinski definition) is 3. The molecular weight excluding hydrogens is 507 g/mol. The van der Waals surface area contributed by atoms with Gasteiger partial charge in [0.15, 0.2) is 0 Å². The zero-order chi connectivity index (χ0) is 26.5. The van der Waals surface area contributed by atoms with Gasteiger partial charge in [-0.2, -0.15) is 5.10 Å². The third kappa shape index (κ3) is 6.40. The molecule has 0 fully saturated rings. The summed E-state index contributed by atoms with van der Waals surface area (Å²) in [6, 6.07) is 19.9. The molecule has 0 aliphatic carbocycles. The molecule has 6 nitrogen and oxygen atoms in total. The van der Waals surface area contributed by atoms with Gasteiger partial charge in [-0.05, 0) is 48.7 Å². The summed E-state index contributed by atoms with van der Waals surface area (Å²) in [7, 11) is 0. The molecular formula is C29H28Cl2N4O2. The molecule has 0 unspecified atom stereocenters. The maximum absolute atomic E-state index is 12.9. The maximum Gasteiger partial charge on any atom is 0.262 e. The molecule has 0 aliphatic heterocycles. The molecule has 4 rings (SSSR count). The standard InChI is InChI=1S/C29H28Cl2N4O2/c1-18(2)27(33-28(36)20-8-6-7-19(3)13-20)29(37)34-32-15-22-17-35(26-10-5-4-9-24(22)26)16-21-11-12-23(30)14-25(21)31/h4-15,17-18,27H,16H2,1-3H3,(H,33,36)(H,34,37)/b32-15+/t27-/m1/s1. The van der Waals surface area contributed by atoms with Crippen LogP contribution in [0.5, 0.6) is 0 Å². The normalized spacial score (nSPS) is 12.3. The quantitative estimate of drug-likeness (QED) is 0.208. The van der Waals surface area contributed by atoms with Crippen molar-refractivity contribution in [2.75, 3.05) is 0 Å². The van der Waals surface area contributed by atoms with Gasteiger partial charge < -0.3 is 9.88 Å². The number of carbonyl (C=O) groups is 2. The number of amides is 2. The Bertz CT molecular complexity index is 1480. The Labute approximate surface area is 226 Å². The zero-order valence-corrected chi connectivity index (χ0v) is 22.3. The number of nitrogens with one attached hydrogen (secondary N) is 2. The highest BCUT2D eigenvalue weighted by Gasteiger charge is 2.24. The molecule has 4 aromatic rings. The average Bonchev–Trinajstić information content (AvgIpc) is 3.21. The van der Waals surface area contributed by atoms with Gasteiger partial charge in [0.2, 0.25) is 0 Å². The lowest BCUT2D eigenvalue weighted by Gasteiger charge is -2.20. The molecule has 0 aliphatic rings. The molecule has 0 saturated heterocycles. The molecule has 3 aromatic carbocycles. The first-order valence-corrected chi connectivity index (χ1v) is 12.7. The minimum absolute atomic E-state index is 0.130. The molecule has 0 radical (unpaired) electrons. The number of halogens is 2. The second-order valence-corrected chi connectivity index (χ2v) is 10.1. The van der Waals surface area contributed by atoms with Gasteiger partial charge in [0.05, 0.1) is 6.21 Å². The summed E-state index contributed by atoms with van der Waals surface area (Å²) in [5.74, 6) is -0.815. The van der Waals surface area contributed by atoms with Gasteiger partial charge in [-0.3, -0.25) is 9.59 Å². The molecule has 2 amide bonds. The van der Waals surface area contributed by atoms with Crippen molar-refractivity contribution in [1.29, 1.82) is 0 Å². The lowest BCUT2D eigenvalue weighted by molar-refractivity contribution is -0.123. The number of para-hydroxylation sites is 1. The lowest BCUT2D eigenvalue weighted by atomic mass is 10.0. The smallest absolute Gasteiger partial charge is 0.262 e. The molecule has 0 spiro atoms. The molecule has 1 atom stereocenters. The third-order valence-electron chi connectivity index (χ3n) is 6.07. The van der Waals surface area contributed by atoms with Crippen LogP contribution in [-0.4, -0.2) is 28.6 Å². The van der Waals surface area contributed by atoms with Crippen LogP contribution in [0, 0.1) is 12.8 Å². The van der Waals surface area contributed by atoms with Gasteiger partial charge in [0.25, 0.3) is 11.8 Å². The molecule has 190 valence electrons. The number of hydrazone groups is 1. The molecule has 37 heavy (non-hydrogen) atoms. The monoisotopic (exact) mass is 534 g/mol. The first-order valence-electron chi connectivity index (χ1n) is 11.9.